The van der Waals surface area contributed by atoms with Gasteiger partial charge < -0.3 is 10.8 Å². The number of nitrogens with two attached hydrogens (primary N) is 1. The number of hydrogen-bond acceptors (Lipinski definition) is 4. The summed E-state index contributed by atoms with van der Waals surface area (Å²) in [6.07, 6.45) is 0. The average Bonchev–Trinajstić information content (AvgIpc) is 2.98. The number of sulfone groups is 1. The molecule has 0 spiro atoms. The zero-order chi connectivity index (χ0) is 13.6. The van der Waals surface area contributed by atoms with Crippen molar-refractivity contribution < 1.29 is 13.5 Å². The van der Waals surface area contributed by atoms with Crippen molar-refractivity contribution in [2.45, 2.75) is 23.6 Å². The molecular formula is C12H16ClNO3S. The monoisotopic (exact) mass is 289 g/mol. The Morgan fingerprint density at radius 1 is 1.50 bits per heavy atom. The fraction of sp³-hybridized carbons (Fsp3) is 0.500. The van der Waals surface area contributed by atoms with E-state index in [4.69, 9.17) is 17.3 Å². The maximum atomic E-state index is 12.0. The van der Waals surface area contributed by atoms with Gasteiger partial charge in [0.05, 0.1) is 17.4 Å². The van der Waals surface area contributed by atoms with E-state index >= 15 is 0 Å². The van der Waals surface area contributed by atoms with E-state index in [0.29, 0.717) is 5.02 Å². The highest BCUT2D eigenvalue weighted by molar-refractivity contribution is 7.92. The van der Waals surface area contributed by atoms with E-state index in [9.17, 15) is 13.5 Å². The van der Waals surface area contributed by atoms with Crippen LogP contribution in [0.1, 0.15) is 18.4 Å². The van der Waals surface area contributed by atoms with Crippen LogP contribution < -0.4 is 5.73 Å². The Morgan fingerprint density at radius 3 is 2.67 bits per heavy atom. The SMILES string of the molecule is CCS(=O)(=O)[C@H]1[C@@H](c2cccc(Cl)c2)[C@@]1(N)CO. The second-order valence-electron chi connectivity index (χ2n) is 4.68. The molecule has 1 aromatic carbocycles. The summed E-state index contributed by atoms with van der Waals surface area (Å²) in [4.78, 5) is 0. The zero-order valence-electron chi connectivity index (χ0n) is 10.0. The van der Waals surface area contributed by atoms with Crippen LogP contribution >= 0.6 is 11.6 Å². The Bertz CT molecular complexity index is 560. The van der Waals surface area contributed by atoms with E-state index in [1.54, 1.807) is 31.2 Å². The maximum Gasteiger partial charge on any atom is 0.155 e. The Hall–Kier alpha value is -0.620. The zero-order valence-corrected chi connectivity index (χ0v) is 11.6. The number of rotatable bonds is 4. The van der Waals surface area contributed by atoms with Crippen LogP contribution in [0.3, 0.4) is 0 Å². The van der Waals surface area contributed by atoms with Gasteiger partial charge in [-0.3, -0.25) is 0 Å². The molecule has 0 heterocycles. The van der Waals surface area contributed by atoms with Crippen LogP contribution in [0.4, 0.5) is 0 Å². The molecule has 3 N–H and O–H groups in total. The number of aliphatic hydroxyl groups excluding tert-OH is 1. The summed E-state index contributed by atoms with van der Waals surface area (Å²) in [5.41, 5.74) is 5.69. The van der Waals surface area contributed by atoms with Crippen LogP contribution in [0.15, 0.2) is 24.3 Å². The lowest BCUT2D eigenvalue weighted by atomic mass is 10.1. The molecule has 1 aromatic rings. The third kappa shape index (κ3) is 2.05. The van der Waals surface area contributed by atoms with Gasteiger partial charge in [0.15, 0.2) is 9.84 Å². The van der Waals surface area contributed by atoms with Crippen LogP contribution in [-0.4, -0.2) is 36.7 Å². The minimum Gasteiger partial charge on any atom is -0.394 e. The van der Waals surface area contributed by atoms with Crippen molar-refractivity contribution in [3.05, 3.63) is 34.9 Å². The largest absolute Gasteiger partial charge is 0.394 e. The predicted octanol–water partition coefficient (Wildman–Crippen LogP) is 0.930. The van der Waals surface area contributed by atoms with Crippen molar-refractivity contribution in [1.29, 1.82) is 0 Å². The van der Waals surface area contributed by atoms with Gasteiger partial charge in [-0.05, 0) is 17.7 Å². The molecule has 1 fully saturated rings. The summed E-state index contributed by atoms with van der Waals surface area (Å²) >= 11 is 5.90. The van der Waals surface area contributed by atoms with Crippen molar-refractivity contribution in [3.63, 3.8) is 0 Å². The maximum absolute atomic E-state index is 12.0. The van der Waals surface area contributed by atoms with Crippen LogP contribution in [0.25, 0.3) is 0 Å². The lowest BCUT2D eigenvalue weighted by molar-refractivity contribution is 0.253. The summed E-state index contributed by atoms with van der Waals surface area (Å²) in [6.45, 7) is 1.23. The Balaban J connectivity index is 2.40. The van der Waals surface area contributed by atoms with Crippen molar-refractivity contribution >= 4 is 21.4 Å². The van der Waals surface area contributed by atoms with Crippen LogP contribution in [0, 0.1) is 0 Å². The summed E-state index contributed by atoms with van der Waals surface area (Å²) in [6, 6.07) is 6.96. The van der Waals surface area contributed by atoms with Gasteiger partial charge in [-0.15, -0.1) is 0 Å². The predicted molar refractivity (Wildman–Crippen MR) is 71.4 cm³/mol. The van der Waals surface area contributed by atoms with Gasteiger partial charge >= 0.3 is 0 Å². The molecule has 1 saturated carbocycles. The number of aliphatic hydroxyl groups is 1. The molecule has 1 aliphatic carbocycles. The Labute approximate surface area is 112 Å². The van der Waals surface area contributed by atoms with Crippen molar-refractivity contribution in [2.75, 3.05) is 12.4 Å². The molecule has 4 nitrogen and oxygen atoms in total. The number of benzene rings is 1. The van der Waals surface area contributed by atoms with E-state index in [0.717, 1.165) is 5.56 Å². The lowest BCUT2D eigenvalue weighted by Gasteiger charge is -2.07. The topological polar surface area (TPSA) is 80.4 Å². The van der Waals surface area contributed by atoms with E-state index in [-0.39, 0.29) is 18.3 Å². The summed E-state index contributed by atoms with van der Waals surface area (Å²) in [7, 11) is -3.28. The van der Waals surface area contributed by atoms with E-state index in [2.05, 4.69) is 0 Å². The molecule has 6 heteroatoms. The highest BCUT2D eigenvalue weighted by atomic mass is 35.5. The first kappa shape index (κ1) is 13.8. The van der Waals surface area contributed by atoms with E-state index in [1.165, 1.54) is 0 Å². The van der Waals surface area contributed by atoms with Gasteiger partial charge in [0, 0.05) is 16.7 Å². The van der Waals surface area contributed by atoms with Crippen LogP contribution in [0.2, 0.25) is 5.02 Å². The molecule has 0 saturated heterocycles. The quantitative estimate of drug-likeness (QED) is 0.864. The summed E-state index contributed by atoms with van der Waals surface area (Å²) < 4.78 is 24.0. The third-order valence-corrected chi connectivity index (χ3v) is 6.10. The second kappa shape index (κ2) is 4.49. The second-order valence-corrected chi connectivity index (χ2v) is 7.52. The molecule has 0 bridgehead atoms. The Kier molecular flexibility index (Phi) is 3.44. The summed E-state index contributed by atoms with van der Waals surface area (Å²) in [5, 5.41) is 9.18. The molecule has 0 unspecified atom stereocenters. The molecule has 1 aliphatic rings. The molecule has 0 aliphatic heterocycles. The first-order valence-electron chi connectivity index (χ1n) is 5.73. The standard InChI is InChI=1S/C12H16ClNO3S/c1-2-18(16,17)11-10(12(11,14)7-15)8-4-3-5-9(13)6-8/h3-6,10-11,15H,2,7,14H2,1H3/t10-,11+,12+/m1/s1. The van der Waals surface area contributed by atoms with E-state index in [1.807, 2.05) is 0 Å². The minimum atomic E-state index is -3.28. The van der Waals surface area contributed by atoms with Gasteiger partial charge in [0.25, 0.3) is 0 Å². The normalized spacial score (nSPS) is 31.3. The van der Waals surface area contributed by atoms with Gasteiger partial charge in [0.2, 0.25) is 0 Å². The molecular weight excluding hydrogens is 274 g/mol. The minimum absolute atomic E-state index is 0.0215. The molecule has 0 amide bonds. The van der Waals surface area contributed by atoms with Crippen LogP contribution in [0.5, 0.6) is 0 Å². The fourth-order valence-corrected chi connectivity index (χ4v) is 4.71. The van der Waals surface area contributed by atoms with Crippen molar-refractivity contribution in [3.8, 4) is 0 Å². The van der Waals surface area contributed by atoms with Gasteiger partial charge in [-0.25, -0.2) is 8.42 Å². The van der Waals surface area contributed by atoms with Gasteiger partial charge in [0.1, 0.15) is 0 Å². The molecule has 2 rings (SSSR count). The smallest absolute Gasteiger partial charge is 0.155 e. The van der Waals surface area contributed by atoms with Crippen molar-refractivity contribution in [1.82, 2.24) is 0 Å². The Morgan fingerprint density at radius 2 is 2.17 bits per heavy atom. The van der Waals surface area contributed by atoms with Gasteiger partial charge in [-0.1, -0.05) is 30.7 Å². The van der Waals surface area contributed by atoms with Crippen molar-refractivity contribution in [2.24, 2.45) is 5.73 Å². The lowest BCUT2D eigenvalue weighted by Crippen LogP contribution is -2.35. The highest BCUT2D eigenvalue weighted by Gasteiger charge is 2.68. The first-order valence-corrected chi connectivity index (χ1v) is 7.83. The highest BCUT2D eigenvalue weighted by Crippen LogP contribution is 2.54. The third-order valence-electron chi connectivity index (χ3n) is 3.57. The summed E-state index contributed by atoms with van der Waals surface area (Å²) in [5.74, 6) is -0.362. The molecule has 3 atom stereocenters. The molecule has 0 radical (unpaired) electrons. The fourth-order valence-electron chi connectivity index (χ4n) is 2.52. The number of hydrogen-bond donors (Lipinski definition) is 2. The molecule has 18 heavy (non-hydrogen) atoms. The van der Waals surface area contributed by atoms with E-state index < -0.39 is 20.6 Å². The average molecular weight is 290 g/mol. The molecule has 0 aromatic heterocycles. The number of halogens is 1. The van der Waals surface area contributed by atoms with Crippen LogP contribution in [-0.2, 0) is 9.84 Å². The first-order chi connectivity index (χ1) is 8.36. The van der Waals surface area contributed by atoms with Gasteiger partial charge in [-0.2, -0.15) is 0 Å². The molecule has 100 valence electrons.